The van der Waals surface area contributed by atoms with Crippen molar-refractivity contribution in [1.29, 1.82) is 0 Å². The number of rotatable bonds is 19. The normalized spacial score (nSPS) is 11.9. The predicted molar refractivity (Wildman–Crippen MR) is 94.0 cm³/mol. The maximum absolute atomic E-state index is 11.4. The molecule has 0 bridgehead atoms. The van der Waals surface area contributed by atoms with Gasteiger partial charge in [0.1, 0.15) is 36.2 Å². The van der Waals surface area contributed by atoms with Crippen LogP contribution in [0, 0.1) is 0 Å². The molecule has 3 N–H and O–H groups in total. The second-order valence-corrected chi connectivity index (χ2v) is 5.85. The van der Waals surface area contributed by atoms with Crippen LogP contribution >= 0.6 is 0 Å². The molecule has 0 aromatic carbocycles. The molecule has 9 nitrogen and oxygen atoms in total. The van der Waals surface area contributed by atoms with Gasteiger partial charge in [-0.2, -0.15) is 0 Å². The van der Waals surface area contributed by atoms with E-state index in [2.05, 4.69) is 10.6 Å². The van der Waals surface area contributed by atoms with Gasteiger partial charge >= 0.3 is 0 Å². The molecular formula is C17H30N2O7. The first kappa shape index (κ1) is 24.5. The summed E-state index contributed by atoms with van der Waals surface area (Å²) in [7, 11) is 0. The van der Waals surface area contributed by atoms with Gasteiger partial charge in [0.15, 0.2) is 0 Å². The van der Waals surface area contributed by atoms with Gasteiger partial charge in [0.2, 0.25) is 0 Å². The lowest BCUT2D eigenvalue weighted by molar-refractivity contribution is -0.127. The highest BCUT2D eigenvalue weighted by Crippen LogP contribution is 2.15. The highest BCUT2D eigenvalue weighted by Gasteiger charge is 2.35. The van der Waals surface area contributed by atoms with E-state index in [-0.39, 0.29) is 45.8 Å². The van der Waals surface area contributed by atoms with Crippen molar-refractivity contribution in [2.24, 2.45) is 0 Å². The Bertz CT molecular complexity index is 364. The fraction of sp³-hybridized carbons (Fsp3) is 0.765. The van der Waals surface area contributed by atoms with E-state index in [1.165, 1.54) is 0 Å². The van der Waals surface area contributed by atoms with Crippen molar-refractivity contribution in [3.05, 3.63) is 0 Å². The fourth-order valence-electron chi connectivity index (χ4n) is 2.17. The smallest absolute Gasteiger partial charge is 0.147 e. The number of hydrogen-bond acceptors (Lipinski definition) is 9. The zero-order valence-corrected chi connectivity index (χ0v) is 15.3. The molecule has 0 aliphatic rings. The molecule has 0 aromatic rings. The summed E-state index contributed by atoms with van der Waals surface area (Å²) in [4.78, 5) is 45.7. The Kier molecular flexibility index (Phi) is 13.8. The highest BCUT2D eigenvalue weighted by molar-refractivity contribution is 5.91. The van der Waals surface area contributed by atoms with Crippen molar-refractivity contribution in [1.82, 2.24) is 10.6 Å². The van der Waals surface area contributed by atoms with Crippen molar-refractivity contribution in [2.75, 3.05) is 46.1 Å². The first-order valence-corrected chi connectivity index (χ1v) is 8.69. The van der Waals surface area contributed by atoms with Crippen LogP contribution in [0.4, 0.5) is 0 Å². The molecule has 26 heavy (non-hydrogen) atoms. The Morgan fingerprint density at radius 3 is 1.54 bits per heavy atom. The highest BCUT2D eigenvalue weighted by atomic mass is 16.5. The molecule has 0 aromatic heterocycles. The molecule has 0 spiro atoms. The molecule has 0 aliphatic carbocycles. The van der Waals surface area contributed by atoms with Crippen LogP contribution in [0.1, 0.15) is 26.2 Å². The summed E-state index contributed by atoms with van der Waals surface area (Å²) in [6.07, 6.45) is 2.65. The van der Waals surface area contributed by atoms with Gasteiger partial charge in [-0.15, -0.1) is 0 Å². The zero-order chi connectivity index (χ0) is 19.7. The van der Waals surface area contributed by atoms with Crippen molar-refractivity contribution in [3.8, 4) is 0 Å². The summed E-state index contributed by atoms with van der Waals surface area (Å²) in [5, 5.41) is 14.2. The zero-order valence-electron chi connectivity index (χ0n) is 15.3. The molecule has 150 valence electrons. The molecule has 0 rings (SSSR count). The summed E-state index contributed by atoms with van der Waals surface area (Å²) < 4.78 is 10.3. The summed E-state index contributed by atoms with van der Waals surface area (Å²) in [5.41, 5.74) is -3.00. The first-order chi connectivity index (χ1) is 12.6. The second kappa shape index (κ2) is 14.6. The molecule has 0 fully saturated rings. The van der Waals surface area contributed by atoms with Crippen LogP contribution in [-0.2, 0) is 28.7 Å². The maximum Gasteiger partial charge on any atom is 0.147 e. The van der Waals surface area contributed by atoms with Crippen LogP contribution in [0.2, 0.25) is 0 Å². The van der Waals surface area contributed by atoms with Gasteiger partial charge in [-0.3, -0.25) is 10.6 Å². The maximum atomic E-state index is 11.4. The molecule has 0 unspecified atom stereocenters. The van der Waals surface area contributed by atoms with Crippen LogP contribution in [0.5, 0.6) is 0 Å². The van der Waals surface area contributed by atoms with Crippen molar-refractivity contribution in [3.63, 3.8) is 0 Å². The van der Waals surface area contributed by atoms with Crippen LogP contribution < -0.4 is 10.6 Å². The molecule has 9 heteroatoms. The Balaban J connectivity index is 4.65. The van der Waals surface area contributed by atoms with Gasteiger partial charge in [-0.1, -0.05) is 6.92 Å². The van der Waals surface area contributed by atoms with Crippen LogP contribution in [0.25, 0.3) is 0 Å². The molecule has 0 saturated carbocycles. The summed E-state index contributed by atoms with van der Waals surface area (Å²) in [6.45, 7) is 3.60. The monoisotopic (exact) mass is 374 g/mol. The molecule has 0 radical (unpaired) electrons. The quantitative estimate of drug-likeness (QED) is 0.143. The lowest BCUT2D eigenvalue weighted by Crippen LogP contribution is -2.55. The minimum absolute atomic E-state index is 0.0320. The molecule has 0 heterocycles. The number of aldehydes is 4. The SMILES string of the molecule is CCCOCCNC(C=O)(C=O)CCC(C=O)(C=O)NCCOCCO. The summed E-state index contributed by atoms with van der Waals surface area (Å²) >= 11 is 0. The van der Waals surface area contributed by atoms with E-state index in [0.717, 1.165) is 6.42 Å². The second-order valence-electron chi connectivity index (χ2n) is 5.85. The number of aliphatic hydroxyl groups is 1. The van der Waals surface area contributed by atoms with Gasteiger partial charge < -0.3 is 33.8 Å². The van der Waals surface area contributed by atoms with E-state index in [1.807, 2.05) is 6.92 Å². The van der Waals surface area contributed by atoms with Gasteiger partial charge in [0.05, 0.1) is 26.4 Å². The van der Waals surface area contributed by atoms with E-state index < -0.39 is 11.1 Å². The third kappa shape index (κ3) is 9.25. The lowest BCUT2D eigenvalue weighted by Gasteiger charge is -2.29. The third-order valence-corrected chi connectivity index (χ3v) is 3.78. The molecule has 0 aliphatic heterocycles. The number of ether oxygens (including phenoxy) is 2. The first-order valence-electron chi connectivity index (χ1n) is 8.69. The number of nitrogens with one attached hydrogen (secondary N) is 2. The number of hydrogen-bond donors (Lipinski definition) is 3. The average molecular weight is 374 g/mol. The van der Waals surface area contributed by atoms with Crippen LogP contribution in [-0.4, -0.2) is 87.5 Å². The van der Waals surface area contributed by atoms with Gasteiger partial charge in [0, 0.05) is 19.7 Å². The van der Waals surface area contributed by atoms with Crippen molar-refractivity contribution < 1.29 is 33.8 Å². The molecule has 0 amide bonds. The van der Waals surface area contributed by atoms with E-state index in [1.54, 1.807) is 0 Å². The average Bonchev–Trinajstić information content (AvgIpc) is 2.68. The van der Waals surface area contributed by atoms with E-state index in [0.29, 0.717) is 38.4 Å². The minimum atomic E-state index is -1.51. The van der Waals surface area contributed by atoms with Gasteiger partial charge in [-0.25, -0.2) is 0 Å². The Labute approximate surface area is 153 Å². The largest absolute Gasteiger partial charge is 0.394 e. The van der Waals surface area contributed by atoms with E-state index in [9.17, 15) is 19.2 Å². The van der Waals surface area contributed by atoms with Crippen molar-refractivity contribution in [2.45, 2.75) is 37.3 Å². The van der Waals surface area contributed by atoms with E-state index in [4.69, 9.17) is 14.6 Å². The molecule has 0 saturated heterocycles. The fourth-order valence-corrected chi connectivity index (χ4v) is 2.17. The minimum Gasteiger partial charge on any atom is -0.394 e. The van der Waals surface area contributed by atoms with Gasteiger partial charge in [-0.05, 0) is 19.3 Å². The Morgan fingerprint density at radius 2 is 1.19 bits per heavy atom. The van der Waals surface area contributed by atoms with Crippen LogP contribution in [0.15, 0.2) is 0 Å². The van der Waals surface area contributed by atoms with Crippen LogP contribution in [0.3, 0.4) is 0 Å². The third-order valence-electron chi connectivity index (χ3n) is 3.78. The topological polar surface area (TPSA) is 131 Å². The van der Waals surface area contributed by atoms with Gasteiger partial charge in [0.25, 0.3) is 0 Å². The number of carbonyl (C=O) groups excluding carboxylic acids is 4. The Hall–Kier alpha value is -1.52. The Morgan fingerprint density at radius 1 is 0.769 bits per heavy atom. The van der Waals surface area contributed by atoms with Crippen molar-refractivity contribution >= 4 is 25.1 Å². The predicted octanol–water partition coefficient (Wildman–Crippen LogP) is -1.35. The summed E-state index contributed by atoms with van der Waals surface area (Å²) in [5.74, 6) is 0. The number of carbonyl (C=O) groups is 4. The number of aliphatic hydroxyl groups excluding tert-OH is 1. The molecular weight excluding hydrogens is 344 g/mol. The molecule has 0 atom stereocenters. The standard InChI is InChI=1S/C17H30N2O7/c1-2-8-25-9-5-18-16(12-21,13-22)3-4-17(14-23,15-24)19-6-10-26-11-7-20/h12-15,18-20H,2-11H2,1H3. The summed E-state index contributed by atoms with van der Waals surface area (Å²) in [6, 6.07) is 0. The lowest BCUT2D eigenvalue weighted by atomic mass is 9.88. The van der Waals surface area contributed by atoms with E-state index >= 15 is 0 Å².